The standard InChI is InChI=1S/C11H13NO2/c12-10(11(13)14)9-5-4-7-2-1-3-8(7)6-9/h4-6,10H,1-3,12H2,(H,13,14). The van der Waals surface area contributed by atoms with Crippen molar-refractivity contribution in [1.82, 2.24) is 0 Å². The van der Waals surface area contributed by atoms with Crippen LogP contribution in [0.3, 0.4) is 0 Å². The van der Waals surface area contributed by atoms with Gasteiger partial charge in [-0.15, -0.1) is 0 Å². The van der Waals surface area contributed by atoms with Crippen LogP contribution in [0.2, 0.25) is 0 Å². The number of hydrogen-bond acceptors (Lipinski definition) is 2. The minimum absolute atomic E-state index is 0.707. The number of hydrogen-bond donors (Lipinski definition) is 2. The highest BCUT2D eigenvalue weighted by molar-refractivity contribution is 5.75. The Labute approximate surface area is 82.5 Å². The van der Waals surface area contributed by atoms with Gasteiger partial charge in [0.25, 0.3) is 0 Å². The number of carboxylic acid groups (broad SMARTS) is 1. The summed E-state index contributed by atoms with van der Waals surface area (Å²) in [5.74, 6) is -0.969. The molecule has 1 aromatic carbocycles. The van der Waals surface area contributed by atoms with E-state index in [-0.39, 0.29) is 0 Å². The van der Waals surface area contributed by atoms with E-state index >= 15 is 0 Å². The highest BCUT2D eigenvalue weighted by Crippen LogP contribution is 2.24. The Bertz CT molecular complexity index is 374. The molecule has 3 N–H and O–H groups in total. The van der Waals surface area contributed by atoms with Crippen LogP contribution in [0.5, 0.6) is 0 Å². The molecule has 1 unspecified atom stereocenters. The van der Waals surface area contributed by atoms with Crippen LogP contribution in [-0.2, 0) is 17.6 Å². The zero-order valence-corrected chi connectivity index (χ0v) is 7.86. The van der Waals surface area contributed by atoms with Gasteiger partial charge in [-0.05, 0) is 36.0 Å². The number of nitrogens with two attached hydrogens (primary N) is 1. The number of fused-ring (bicyclic) bond motifs is 1. The lowest BCUT2D eigenvalue weighted by Crippen LogP contribution is -2.20. The Balaban J connectivity index is 2.33. The summed E-state index contributed by atoms with van der Waals surface area (Å²) in [6.45, 7) is 0. The molecular formula is C11H13NO2. The second-order valence-electron chi connectivity index (χ2n) is 3.70. The van der Waals surface area contributed by atoms with Crippen molar-refractivity contribution in [1.29, 1.82) is 0 Å². The number of rotatable bonds is 2. The van der Waals surface area contributed by atoms with Crippen molar-refractivity contribution in [2.75, 3.05) is 0 Å². The summed E-state index contributed by atoms with van der Waals surface area (Å²) in [4.78, 5) is 10.7. The molecule has 74 valence electrons. The lowest BCUT2D eigenvalue weighted by atomic mass is 10.0. The molecule has 0 spiro atoms. The first-order valence-corrected chi connectivity index (χ1v) is 4.78. The molecule has 0 bridgehead atoms. The maximum Gasteiger partial charge on any atom is 0.325 e. The quantitative estimate of drug-likeness (QED) is 0.739. The smallest absolute Gasteiger partial charge is 0.325 e. The van der Waals surface area contributed by atoms with Crippen LogP contribution < -0.4 is 5.73 Å². The molecule has 3 heteroatoms. The van der Waals surface area contributed by atoms with E-state index in [2.05, 4.69) is 0 Å². The Morgan fingerprint density at radius 3 is 2.79 bits per heavy atom. The molecule has 1 atom stereocenters. The fourth-order valence-corrected chi connectivity index (χ4v) is 1.93. The van der Waals surface area contributed by atoms with Crippen molar-refractivity contribution in [2.45, 2.75) is 25.3 Å². The second kappa shape index (κ2) is 3.42. The van der Waals surface area contributed by atoms with Crippen molar-refractivity contribution in [3.05, 3.63) is 34.9 Å². The normalized spacial score (nSPS) is 16.4. The van der Waals surface area contributed by atoms with Gasteiger partial charge < -0.3 is 10.8 Å². The van der Waals surface area contributed by atoms with E-state index in [4.69, 9.17) is 10.8 Å². The number of aliphatic carboxylic acids is 1. The zero-order valence-electron chi connectivity index (χ0n) is 7.86. The molecule has 0 aromatic heterocycles. The minimum Gasteiger partial charge on any atom is -0.480 e. The maximum absolute atomic E-state index is 10.7. The molecule has 0 aliphatic heterocycles. The third-order valence-electron chi connectivity index (χ3n) is 2.75. The van der Waals surface area contributed by atoms with E-state index in [9.17, 15) is 4.79 Å². The van der Waals surface area contributed by atoms with Crippen molar-refractivity contribution < 1.29 is 9.90 Å². The van der Waals surface area contributed by atoms with Crippen LogP contribution in [-0.4, -0.2) is 11.1 Å². The van der Waals surface area contributed by atoms with Crippen LogP contribution in [0, 0.1) is 0 Å². The van der Waals surface area contributed by atoms with Gasteiger partial charge >= 0.3 is 5.97 Å². The number of benzene rings is 1. The van der Waals surface area contributed by atoms with Crippen molar-refractivity contribution in [3.8, 4) is 0 Å². The monoisotopic (exact) mass is 191 g/mol. The lowest BCUT2D eigenvalue weighted by molar-refractivity contribution is -0.138. The Kier molecular flexibility index (Phi) is 2.25. The number of carbonyl (C=O) groups is 1. The molecule has 1 aliphatic carbocycles. The number of aryl methyl sites for hydroxylation is 2. The SMILES string of the molecule is NC(C(=O)O)c1ccc2c(c1)CCC2. The summed E-state index contributed by atoms with van der Waals surface area (Å²) in [6.07, 6.45) is 3.33. The summed E-state index contributed by atoms with van der Waals surface area (Å²) < 4.78 is 0. The van der Waals surface area contributed by atoms with Crippen LogP contribution in [0.15, 0.2) is 18.2 Å². The first-order chi connectivity index (χ1) is 6.68. The van der Waals surface area contributed by atoms with Crippen LogP contribution >= 0.6 is 0 Å². The Morgan fingerprint density at radius 1 is 1.36 bits per heavy atom. The molecule has 14 heavy (non-hydrogen) atoms. The van der Waals surface area contributed by atoms with Gasteiger partial charge in [-0.2, -0.15) is 0 Å². The van der Waals surface area contributed by atoms with Gasteiger partial charge in [0.15, 0.2) is 0 Å². The third kappa shape index (κ3) is 1.51. The molecule has 0 saturated carbocycles. The predicted molar refractivity (Wildman–Crippen MR) is 53.0 cm³/mol. The van der Waals surface area contributed by atoms with Gasteiger partial charge in [0, 0.05) is 0 Å². The first kappa shape index (κ1) is 9.21. The van der Waals surface area contributed by atoms with E-state index in [1.165, 1.54) is 17.5 Å². The van der Waals surface area contributed by atoms with Gasteiger partial charge in [-0.3, -0.25) is 4.79 Å². The second-order valence-corrected chi connectivity index (χ2v) is 3.70. The van der Waals surface area contributed by atoms with Crippen molar-refractivity contribution >= 4 is 5.97 Å². The average Bonchev–Trinajstić information content (AvgIpc) is 2.62. The molecule has 1 aliphatic rings. The van der Waals surface area contributed by atoms with Crippen LogP contribution in [0.25, 0.3) is 0 Å². The fourth-order valence-electron chi connectivity index (χ4n) is 1.93. The average molecular weight is 191 g/mol. The zero-order chi connectivity index (χ0) is 10.1. The fraction of sp³-hybridized carbons (Fsp3) is 0.364. The minimum atomic E-state index is -0.969. The molecule has 0 radical (unpaired) electrons. The molecule has 0 heterocycles. The van der Waals surface area contributed by atoms with Gasteiger partial charge in [-0.25, -0.2) is 0 Å². The summed E-state index contributed by atoms with van der Waals surface area (Å²) in [6, 6.07) is 4.87. The van der Waals surface area contributed by atoms with E-state index < -0.39 is 12.0 Å². The van der Waals surface area contributed by atoms with Gasteiger partial charge in [0.2, 0.25) is 0 Å². The van der Waals surface area contributed by atoms with Crippen molar-refractivity contribution in [2.24, 2.45) is 5.73 Å². The van der Waals surface area contributed by atoms with E-state index in [1.54, 1.807) is 0 Å². The first-order valence-electron chi connectivity index (χ1n) is 4.78. The highest BCUT2D eigenvalue weighted by Gasteiger charge is 2.17. The number of carboxylic acids is 1. The Morgan fingerprint density at radius 2 is 2.07 bits per heavy atom. The molecule has 2 rings (SSSR count). The van der Waals surface area contributed by atoms with E-state index in [0.29, 0.717) is 5.56 Å². The Hall–Kier alpha value is -1.35. The third-order valence-corrected chi connectivity index (χ3v) is 2.75. The molecular weight excluding hydrogens is 178 g/mol. The molecule has 3 nitrogen and oxygen atoms in total. The summed E-state index contributed by atoms with van der Waals surface area (Å²) >= 11 is 0. The molecule has 0 amide bonds. The summed E-state index contributed by atoms with van der Waals surface area (Å²) in [5, 5.41) is 8.76. The van der Waals surface area contributed by atoms with Gasteiger partial charge in [0.05, 0.1) is 0 Å². The van der Waals surface area contributed by atoms with Crippen LogP contribution in [0.1, 0.15) is 29.2 Å². The molecule has 1 aromatic rings. The summed E-state index contributed by atoms with van der Waals surface area (Å²) in [5.41, 5.74) is 8.84. The van der Waals surface area contributed by atoms with E-state index in [1.807, 2.05) is 18.2 Å². The maximum atomic E-state index is 10.7. The molecule has 0 saturated heterocycles. The molecule has 0 fully saturated rings. The predicted octanol–water partition coefficient (Wildman–Crippen LogP) is 1.26. The van der Waals surface area contributed by atoms with Gasteiger partial charge in [0.1, 0.15) is 6.04 Å². The van der Waals surface area contributed by atoms with Crippen LogP contribution in [0.4, 0.5) is 0 Å². The topological polar surface area (TPSA) is 63.3 Å². The van der Waals surface area contributed by atoms with E-state index in [0.717, 1.165) is 12.8 Å². The largest absolute Gasteiger partial charge is 0.480 e. The highest BCUT2D eigenvalue weighted by atomic mass is 16.4. The van der Waals surface area contributed by atoms with Crippen molar-refractivity contribution in [3.63, 3.8) is 0 Å². The summed E-state index contributed by atoms with van der Waals surface area (Å²) in [7, 11) is 0. The lowest BCUT2D eigenvalue weighted by Gasteiger charge is -2.08. The van der Waals surface area contributed by atoms with Gasteiger partial charge in [-0.1, -0.05) is 18.2 Å².